The predicted octanol–water partition coefficient (Wildman–Crippen LogP) is 3.41. The van der Waals surface area contributed by atoms with Crippen molar-refractivity contribution in [3.63, 3.8) is 0 Å². The predicted molar refractivity (Wildman–Crippen MR) is 60.2 cm³/mol. The fourth-order valence-corrected chi connectivity index (χ4v) is 1.56. The number of hydrogen-bond donors (Lipinski definition) is 1. The molecule has 0 fully saturated rings. The van der Waals surface area contributed by atoms with E-state index in [1.807, 2.05) is 6.92 Å². The van der Waals surface area contributed by atoms with Crippen LogP contribution in [0.1, 0.15) is 24.9 Å². The van der Waals surface area contributed by atoms with E-state index in [1.165, 1.54) is 0 Å². The molecule has 0 saturated carbocycles. The SMILES string of the molecule is CCC(N)c1cc(Cl)c(Cl)cc1OC. The minimum atomic E-state index is -0.0697. The van der Waals surface area contributed by atoms with Crippen molar-refractivity contribution in [2.75, 3.05) is 7.11 Å². The summed E-state index contributed by atoms with van der Waals surface area (Å²) in [5.74, 6) is 0.689. The van der Waals surface area contributed by atoms with Crippen molar-refractivity contribution in [2.24, 2.45) is 5.73 Å². The normalized spacial score (nSPS) is 12.6. The first kappa shape index (κ1) is 11.6. The third-order valence-corrected chi connectivity index (χ3v) is 2.83. The molecule has 0 aliphatic rings. The van der Waals surface area contributed by atoms with Gasteiger partial charge in [-0.1, -0.05) is 30.1 Å². The molecule has 0 aliphatic carbocycles. The lowest BCUT2D eigenvalue weighted by atomic mass is 10.0. The van der Waals surface area contributed by atoms with Gasteiger partial charge in [0.2, 0.25) is 0 Å². The first-order chi connectivity index (χ1) is 6.60. The Labute approximate surface area is 94.0 Å². The Morgan fingerprint density at radius 3 is 2.43 bits per heavy atom. The molecule has 1 aromatic carbocycles. The number of halogens is 2. The number of ether oxygens (including phenoxy) is 1. The number of benzene rings is 1. The summed E-state index contributed by atoms with van der Waals surface area (Å²) in [5.41, 5.74) is 6.80. The van der Waals surface area contributed by atoms with Crippen LogP contribution in [0.25, 0.3) is 0 Å². The molecular weight excluding hydrogens is 221 g/mol. The Morgan fingerprint density at radius 2 is 1.93 bits per heavy atom. The highest BCUT2D eigenvalue weighted by Crippen LogP contribution is 2.33. The fourth-order valence-electron chi connectivity index (χ4n) is 1.23. The minimum absolute atomic E-state index is 0.0697. The second-order valence-corrected chi connectivity index (χ2v) is 3.84. The van der Waals surface area contributed by atoms with Crippen LogP contribution in [0.2, 0.25) is 10.0 Å². The van der Waals surface area contributed by atoms with E-state index in [9.17, 15) is 0 Å². The summed E-state index contributed by atoms with van der Waals surface area (Å²) in [6.07, 6.45) is 0.828. The van der Waals surface area contributed by atoms with E-state index in [0.29, 0.717) is 15.8 Å². The monoisotopic (exact) mass is 233 g/mol. The molecule has 2 nitrogen and oxygen atoms in total. The van der Waals surface area contributed by atoms with Gasteiger partial charge < -0.3 is 10.5 Å². The van der Waals surface area contributed by atoms with Crippen LogP contribution in [-0.4, -0.2) is 7.11 Å². The lowest BCUT2D eigenvalue weighted by Gasteiger charge is -2.14. The van der Waals surface area contributed by atoms with Crippen molar-refractivity contribution in [3.05, 3.63) is 27.7 Å². The smallest absolute Gasteiger partial charge is 0.125 e. The first-order valence-corrected chi connectivity index (χ1v) is 5.14. The quantitative estimate of drug-likeness (QED) is 0.869. The molecule has 0 bridgehead atoms. The van der Waals surface area contributed by atoms with Gasteiger partial charge in [0.15, 0.2) is 0 Å². The van der Waals surface area contributed by atoms with Gasteiger partial charge in [-0.15, -0.1) is 0 Å². The van der Waals surface area contributed by atoms with E-state index in [0.717, 1.165) is 12.0 Å². The fraction of sp³-hybridized carbons (Fsp3) is 0.400. The van der Waals surface area contributed by atoms with E-state index < -0.39 is 0 Å². The van der Waals surface area contributed by atoms with Gasteiger partial charge in [0, 0.05) is 17.7 Å². The maximum atomic E-state index is 5.91. The van der Waals surface area contributed by atoms with Gasteiger partial charge >= 0.3 is 0 Å². The molecule has 78 valence electrons. The van der Waals surface area contributed by atoms with Gasteiger partial charge in [-0.05, 0) is 12.5 Å². The number of rotatable bonds is 3. The van der Waals surface area contributed by atoms with E-state index in [1.54, 1.807) is 19.2 Å². The van der Waals surface area contributed by atoms with Crippen LogP contribution < -0.4 is 10.5 Å². The molecule has 1 aromatic rings. The standard InChI is InChI=1S/C10H13Cl2NO/c1-3-9(13)6-4-7(11)8(12)5-10(6)14-2/h4-5,9H,3,13H2,1-2H3. The lowest BCUT2D eigenvalue weighted by Crippen LogP contribution is -2.10. The van der Waals surface area contributed by atoms with Crippen LogP contribution in [0.5, 0.6) is 5.75 Å². The highest BCUT2D eigenvalue weighted by molar-refractivity contribution is 6.42. The zero-order valence-electron chi connectivity index (χ0n) is 8.18. The van der Waals surface area contributed by atoms with Crippen molar-refractivity contribution in [3.8, 4) is 5.75 Å². The van der Waals surface area contributed by atoms with Gasteiger partial charge in [-0.25, -0.2) is 0 Å². The molecule has 0 heterocycles. The topological polar surface area (TPSA) is 35.2 Å². The number of nitrogens with two attached hydrogens (primary N) is 1. The maximum Gasteiger partial charge on any atom is 0.125 e. The highest BCUT2D eigenvalue weighted by Gasteiger charge is 2.12. The van der Waals surface area contributed by atoms with Crippen LogP contribution in [0, 0.1) is 0 Å². The number of methoxy groups -OCH3 is 1. The average Bonchev–Trinajstić information content (AvgIpc) is 2.20. The van der Waals surface area contributed by atoms with Crippen molar-refractivity contribution >= 4 is 23.2 Å². The van der Waals surface area contributed by atoms with Gasteiger partial charge in [-0.3, -0.25) is 0 Å². The summed E-state index contributed by atoms with van der Waals surface area (Å²) < 4.78 is 5.18. The molecule has 0 aromatic heterocycles. The second-order valence-electron chi connectivity index (χ2n) is 3.02. The van der Waals surface area contributed by atoms with Gasteiger partial charge in [0.1, 0.15) is 5.75 Å². The molecule has 1 atom stereocenters. The number of hydrogen-bond acceptors (Lipinski definition) is 2. The molecule has 0 amide bonds. The molecule has 14 heavy (non-hydrogen) atoms. The molecule has 0 radical (unpaired) electrons. The van der Waals surface area contributed by atoms with E-state index in [4.69, 9.17) is 33.7 Å². The van der Waals surface area contributed by atoms with Crippen molar-refractivity contribution in [1.82, 2.24) is 0 Å². The first-order valence-electron chi connectivity index (χ1n) is 4.38. The molecule has 4 heteroatoms. The Morgan fingerprint density at radius 1 is 1.36 bits per heavy atom. The van der Waals surface area contributed by atoms with Crippen molar-refractivity contribution in [2.45, 2.75) is 19.4 Å². The van der Waals surface area contributed by atoms with E-state index in [-0.39, 0.29) is 6.04 Å². The molecule has 1 unspecified atom stereocenters. The summed E-state index contributed by atoms with van der Waals surface area (Å²) in [5, 5.41) is 0.988. The molecule has 0 saturated heterocycles. The lowest BCUT2D eigenvalue weighted by molar-refractivity contribution is 0.405. The zero-order chi connectivity index (χ0) is 10.7. The summed E-state index contributed by atoms with van der Waals surface area (Å²) >= 11 is 11.8. The van der Waals surface area contributed by atoms with Crippen LogP contribution in [0.15, 0.2) is 12.1 Å². The third kappa shape index (κ3) is 2.32. The van der Waals surface area contributed by atoms with Crippen molar-refractivity contribution < 1.29 is 4.74 Å². The molecule has 0 aliphatic heterocycles. The minimum Gasteiger partial charge on any atom is -0.496 e. The Kier molecular flexibility index (Phi) is 4.05. The summed E-state index contributed by atoms with van der Waals surface area (Å²) in [7, 11) is 1.59. The average molecular weight is 234 g/mol. The largest absolute Gasteiger partial charge is 0.496 e. The molecular formula is C10H13Cl2NO. The van der Waals surface area contributed by atoms with Crippen LogP contribution in [0.4, 0.5) is 0 Å². The summed E-state index contributed by atoms with van der Waals surface area (Å²) in [6.45, 7) is 2.01. The maximum absolute atomic E-state index is 5.91. The Bertz CT molecular complexity index is 328. The molecule has 0 spiro atoms. The van der Waals surface area contributed by atoms with E-state index >= 15 is 0 Å². The van der Waals surface area contributed by atoms with E-state index in [2.05, 4.69) is 0 Å². The van der Waals surface area contributed by atoms with Gasteiger partial charge in [0.05, 0.1) is 17.2 Å². The van der Waals surface area contributed by atoms with Crippen LogP contribution in [0.3, 0.4) is 0 Å². The van der Waals surface area contributed by atoms with Gasteiger partial charge in [0.25, 0.3) is 0 Å². The second kappa shape index (κ2) is 4.87. The highest BCUT2D eigenvalue weighted by atomic mass is 35.5. The zero-order valence-corrected chi connectivity index (χ0v) is 9.69. The summed E-state index contributed by atoms with van der Waals surface area (Å²) in [6, 6.07) is 3.38. The van der Waals surface area contributed by atoms with Crippen LogP contribution in [-0.2, 0) is 0 Å². The Hall–Kier alpha value is -0.440. The van der Waals surface area contributed by atoms with Gasteiger partial charge in [-0.2, -0.15) is 0 Å². The van der Waals surface area contributed by atoms with Crippen LogP contribution >= 0.6 is 23.2 Å². The third-order valence-electron chi connectivity index (χ3n) is 2.11. The summed E-state index contributed by atoms with van der Waals surface area (Å²) in [4.78, 5) is 0. The van der Waals surface area contributed by atoms with Crippen molar-refractivity contribution in [1.29, 1.82) is 0 Å². The Balaban J connectivity index is 3.19. The molecule has 2 N–H and O–H groups in total. The molecule has 1 rings (SSSR count).